The minimum atomic E-state index is -0.470. The van der Waals surface area contributed by atoms with Crippen molar-refractivity contribution in [1.29, 1.82) is 0 Å². The van der Waals surface area contributed by atoms with Crippen molar-refractivity contribution in [3.8, 4) is 0 Å². The Morgan fingerprint density at radius 3 is 2.43 bits per heavy atom. The number of hydrogen-bond acceptors (Lipinski definition) is 7. The summed E-state index contributed by atoms with van der Waals surface area (Å²) in [6, 6.07) is 9.38. The summed E-state index contributed by atoms with van der Waals surface area (Å²) in [7, 11) is 0. The number of thiazole rings is 1. The molecule has 0 bridgehead atoms. The highest BCUT2D eigenvalue weighted by Gasteiger charge is 2.25. The van der Waals surface area contributed by atoms with E-state index in [-0.39, 0.29) is 19.1 Å². The zero-order valence-corrected chi connectivity index (χ0v) is 17.2. The van der Waals surface area contributed by atoms with Crippen LogP contribution in [0.3, 0.4) is 0 Å². The van der Waals surface area contributed by atoms with Gasteiger partial charge < -0.3 is 9.47 Å². The lowest BCUT2D eigenvalue weighted by atomic mass is 10.2. The second-order valence-electron chi connectivity index (χ2n) is 6.36. The van der Waals surface area contributed by atoms with Crippen LogP contribution in [-0.4, -0.2) is 36.0 Å². The maximum Gasteiger partial charge on any atom is 0.350 e. The van der Waals surface area contributed by atoms with Gasteiger partial charge in [-0.05, 0) is 19.4 Å². The lowest BCUT2D eigenvalue weighted by molar-refractivity contribution is -0.151. The fourth-order valence-corrected chi connectivity index (χ4v) is 3.27. The number of ether oxygens (including phenoxy) is 2. The lowest BCUT2D eigenvalue weighted by Gasteiger charge is -2.20. The average Bonchev–Trinajstić information content (AvgIpc) is 3.06. The zero-order chi connectivity index (χ0) is 20.7. The van der Waals surface area contributed by atoms with E-state index in [0.717, 1.165) is 16.9 Å². The Kier molecular flexibility index (Phi) is 7.69. The summed E-state index contributed by atoms with van der Waals surface area (Å²) in [5.41, 5.74) is 1.38. The Labute approximate surface area is 168 Å². The molecule has 28 heavy (non-hydrogen) atoms. The van der Waals surface area contributed by atoms with Gasteiger partial charge in [-0.3, -0.25) is 14.5 Å². The second-order valence-corrected chi connectivity index (χ2v) is 7.34. The number of esters is 2. The van der Waals surface area contributed by atoms with Crippen molar-refractivity contribution in [2.45, 2.75) is 34.2 Å². The SMILES string of the molecule is CCOC(=O)c1sc(N(Cc2ccccc2)C(=O)COC(=O)C(C)C)nc1C. The van der Waals surface area contributed by atoms with E-state index in [9.17, 15) is 14.4 Å². The third kappa shape index (κ3) is 5.63. The number of amides is 1. The highest BCUT2D eigenvalue weighted by atomic mass is 32.1. The molecular formula is C20H24N2O5S. The maximum absolute atomic E-state index is 12.8. The van der Waals surface area contributed by atoms with E-state index < -0.39 is 24.5 Å². The topological polar surface area (TPSA) is 85.8 Å². The quantitative estimate of drug-likeness (QED) is 0.627. The largest absolute Gasteiger partial charge is 0.462 e. The van der Waals surface area contributed by atoms with Crippen LogP contribution >= 0.6 is 11.3 Å². The minimum absolute atomic E-state index is 0.244. The predicted molar refractivity (Wildman–Crippen MR) is 106 cm³/mol. The molecule has 2 aromatic rings. The molecule has 150 valence electrons. The first-order valence-electron chi connectivity index (χ1n) is 8.99. The highest BCUT2D eigenvalue weighted by molar-refractivity contribution is 7.17. The fourth-order valence-electron chi connectivity index (χ4n) is 2.29. The van der Waals surface area contributed by atoms with Crippen molar-refractivity contribution < 1.29 is 23.9 Å². The Morgan fingerprint density at radius 1 is 1.14 bits per heavy atom. The van der Waals surface area contributed by atoms with Gasteiger partial charge in [0, 0.05) is 0 Å². The number of anilines is 1. The minimum Gasteiger partial charge on any atom is -0.462 e. The van der Waals surface area contributed by atoms with Crippen LogP contribution in [0.25, 0.3) is 0 Å². The Hall–Kier alpha value is -2.74. The molecule has 0 unspecified atom stereocenters. The molecule has 0 aliphatic rings. The molecule has 1 aromatic heterocycles. The van der Waals surface area contributed by atoms with Gasteiger partial charge in [0.25, 0.3) is 5.91 Å². The van der Waals surface area contributed by atoms with Crippen LogP contribution in [0.5, 0.6) is 0 Å². The van der Waals surface area contributed by atoms with Crippen LogP contribution < -0.4 is 4.90 Å². The molecular weight excluding hydrogens is 380 g/mol. The summed E-state index contributed by atoms with van der Waals surface area (Å²) in [4.78, 5) is 42.7. The highest BCUT2D eigenvalue weighted by Crippen LogP contribution is 2.28. The van der Waals surface area contributed by atoms with Gasteiger partial charge in [0.1, 0.15) is 4.88 Å². The van der Waals surface area contributed by atoms with Gasteiger partial charge in [-0.15, -0.1) is 0 Å². The van der Waals surface area contributed by atoms with Crippen LogP contribution in [0, 0.1) is 12.8 Å². The fraction of sp³-hybridized carbons (Fsp3) is 0.400. The molecule has 0 fully saturated rings. The summed E-state index contributed by atoms with van der Waals surface area (Å²) >= 11 is 1.08. The molecule has 0 atom stereocenters. The number of hydrogen-bond donors (Lipinski definition) is 0. The average molecular weight is 404 g/mol. The third-order valence-electron chi connectivity index (χ3n) is 3.77. The van der Waals surface area contributed by atoms with E-state index in [4.69, 9.17) is 9.47 Å². The smallest absolute Gasteiger partial charge is 0.350 e. The first-order valence-corrected chi connectivity index (χ1v) is 9.80. The molecule has 0 saturated heterocycles. The number of carbonyl (C=O) groups excluding carboxylic acids is 3. The summed E-state index contributed by atoms with van der Waals surface area (Å²) in [6.45, 7) is 6.92. The molecule has 0 spiro atoms. The van der Waals surface area contributed by atoms with Gasteiger partial charge in [0.15, 0.2) is 11.7 Å². The number of rotatable bonds is 8. The van der Waals surface area contributed by atoms with Crippen LogP contribution in [0.4, 0.5) is 5.13 Å². The first-order chi connectivity index (χ1) is 13.3. The molecule has 1 aromatic carbocycles. The standard InChI is InChI=1S/C20H24N2O5S/c1-5-26-19(25)17-14(4)21-20(28-17)22(11-15-9-7-6-8-10-15)16(23)12-27-18(24)13(2)3/h6-10,13H,5,11-12H2,1-4H3. The van der Waals surface area contributed by atoms with Crippen molar-refractivity contribution in [3.63, 3.8) is 0 Å². The van der Waals surface area contributed by atoms with Crippen LogP contribution in [0.1, 0.15) is 41.7 Å². The first kappa shape index (κ1) is 21.6. The molecule has 8 heteroatoms. The van der Waals surface area contributed by atoms with E-state index >= 15 is 0 Å². The normalized spacial score (nSPS) is 10.6. The van der Waals surface area contributed by atoms with Gasteiger partial charge >= 0.3 is 11.9 Å². The summed E-state index contributed by atoms with van der Waals surface area (Å²) in [5, 5.41) is 0.356. The molecule has 0 saturated carbocycles. The predicted octanol–water partition coefficient (Wildman–Crippen LogP) is 3.36. The maximum atomic E-state index is 12.8. The Bertz CT molecular complexity index is 832. The number of aromatic nitrogens is 1. The van der Waals surface area contributed by atoms with E-state index in [1.807, 2.05) is 30.3 Å². The van der Waals surface area contributed by atoms with Gasteiger partial charge in [-0.2, -0.15) is 0 Å². The van der Waals surface area contributed by atoms with E-state index in [1.165, 1.54) is 4.90 Å². The third-order valence-corrected chi connectivity index (χ3v) is 4.93. The molecule has 1 amide bonds. The van der Waals surface area contributed by atoms with E-state index in [0.29, 0.717) is 15.7 Å². The Balaban J connectivity index is 2.28. The van der Waals surface area contributed by atoms with Crippen molar-refractivity contribution >= 4 is 34.3 Å². The summed E-state index contributed by atoms with van der Waals surface area (Å²) < 4.78 is 10.1. The lowest BCUT2D eigenvalue weighted by Crippen LogP contribution is -2.34. The summed E-state index contributed by atoms with van der Waals surface area (Å²) in [5.74, 6) is -1.66. The molecule has 0 aliphatic carbocycles. The second kappa shape index (κ2) is 9.98. The van der Waals surface area contributed by atoms with Crippen molar-refractivity contribution in [2.24, 2.45) is 5.92 Å². The number of aryl methyl sites for hydroxylation is 1. The number of benzene rings is 1. The van der Waals surface area contributed by atoms with Gasteiger partial charge in [-0.1, -0.05) is 55.5 Å². The molecule has 0 N–H and O–H groups in total. The number of carbonyl (C=O) groups is 3. The van der Waals surface area contributed by atoms with Crippen molar-refractivity contribution in [2.75, 3.05) is 18.1 Å². The molecule has 0 aliphatic heterocycles. The van der Waals surface area contributed by atoms with E-state index in [1.54, 1.807) is 27.7 Å². The summed E-state index contributed by atoms with van der Waals surface area (Å²) in [6.07, 6.45) is 0. The van der Waals surface area contributed by atoms with Crippen molar-refractivity contribution in [1.82, 2.24) is 4.98 Å². The molecule has 0 radical (unpaired) electrons. The van der Waals surface area contributed by atoms with Crippen molar-refractivity contribution in [3.05, 3.63) is 46.5 Å². The molecule has 1 heterocycles. The van der Waals surface area contributed by atoms with E-state index in [2.05, 4.69) is 4.98 Å². The number of nitrogens with zero attached hydrogens (tertiary/aromatic N) is 2. The van der Waals surface area contributed by atoms with Crippen LogP contribution in [-0.2, 0) is 25.6 Å². The van der Waals surface area contributed by atoms with Crippen LogP contribution in [0.15, 0.2) is 30.3 Å². The van der Waals surface area contributed by atoms with Gasteiger partial charge in [0.2, 0.25) is 0 Å². The zero-order valence-electron chi connectivity index (χ0n) is 16.4. The molecule has 7 nitrogen and oxygen atoms in total. The van der Waals surface area contributed by atoms with Gasteiger partial charge in [-0.25, -0.2) is 9.78 Å². The Morgan fingerprint density at radius 2 is 1.82 bits per heavy atom. The molecule has 2 rings (SSSR count). The van der Waals surface area contributed by atoms with Gasteiger partial charge in [0.05, 0.1) is 24.8 Å². The van der Waals surface area contributed by atoms with Crippen LogP contribution in [0.2, 0.25) is 0 Å². The monoisotopic (exact) mass is 404 g/mol.